The van der Waals surface area contributed by atoms with Crippen LogP contribution in [0.25, 0.3) is 10.2 Å². The standard InChI is InChI=1S/C20H19N3O4S/c1-12-16-18(28-17(12)20(26)27-2)21-11-22(19(16)25)10-15(24)23-9-5-7-13-6-3-4-8-14(13)23/h3-4,6,8,11H,5,7,9-10H2,1-2H3. The van der Waals surface area contributed by atoms with Gasteiger partial charge in [-0.3, -0.25) is 14.2 Å². The number of amides is 1. The van der Waals surface area contributed by atoms with Gasteiger partial charge in [0.25, 0.3) is 5.56 Å². The Balaban J connectivity index is 1.68. The molecule has 0 atom stereocenters. The first-order valence-electron chi connectivity index (χ1n) is 8.96. The number of thiophene rings is 1. The molecular weight excluding hydrogens is 378 g/mol. The first kappa shape index (κ1) is 18.4. The number of para-hydroxylation sites is 1. The van der Waals surface area contributed by atoms with Crippen LogP contribution in [0.3, 0.4) is 0 Å². The van der Waals surface area contributed by atoms with Crippen molar-refractivity contribution in [3.05, 3.63) is 57.0 Å². The minimum atomic E-state index is -0.493. The number of rotatable bonds is 3. The number of nitrogens with zero attached hydrogens (tertiary/aromatic N) is 3. The Bertz CT molecular complexity index is 1150. The summed E-state index contributed by atoms with van der Waals surface area (Å²) in [6, 6.07) is 7.83. The second-order valence-corrected chi connectivity index (χ2v) is 7.68. The molecule has 0 saturated heterocycles. The van der Waals surface area contributed by atoms with Gasteiger partial charge in [-0.25, -0.2) is 9.78 Å². The summed E-state index contributed by atoms with van der Waals surface area (Å²) in [4.78, 5) is 44.6. The molecule has 144 valence electrons. The molecule has 3 heterocycles. The number of anilines is 1. The predicted molar refractivity (Wildman–Crippen MR) is 107 cm³/mol. The van der Waals surface area contributed by atoms with Crippen molar-refractivity contribution in [2.24, 2.45) is 0 Å². The fourth-order valence-corrected chi connectivity index (χ4v) is 4.64. The Labute approximate surface area is 165 Å². The zero-order valence-corrected chi connectivity index (χ0v) is 16.4. The van der Waals surface area contributed by atoms with E-state index in [0.29, 0.717) is 27.2 Å². The molecule has 28 heavy (non-hydrogen) atoms. The summed E-state index contributed by atoms with van der Waals surface area (Å²) in [6.45, 7) is 2.23. The van der Waals surface area contributed by atoms with Crippen LogP contribution in [-0.2, 0) is 22.5 Å². The van der Waals surface area contributed by atoms with Crippen LogP contribution in [0.4, 0.5) is 5.69 Å². The first-order valence-corrected chi connectivity index (χ1v) is 9.78. The summed E-state index contributed by atoms with van der Waals surface area (Å²) in [5, 5.41) is 0.361. The van der Waals surface area contributed by atoms with Crippen molar-refractivity contribution in [2.75, 3.05) is 18.6 Å². The van der Waals surface area contributed by atoms with Crippen LogP contribution in [0.15, 0.2) is 35.4 Å². The molecule has 7 nitrogen and oxygen atoms in total. The van der Waals surface area contributed by atoms with Crippen LogP contribution >= 0.6 is 11.3 Å². The highest BCUT2D eigenvalue weighted by Gasteiger charge is 2.24. The van der Waals surface area contributed by atoms with Gasteiger partial charge in [0, 0.05) is 12.2 Å². The van der Waals surface area contributed by atoms with Crippen molar-refractivity contribution in [3.63, 3.8) is 0 Å². The number of hydrogen-bond acceptors (Lipinski definition) is 6. The summed E-state index contributed by atoms with van der Waals surface area (Å²) < 4.78 is 6.08. The van der Waals surface area contributed by atoms with Gasteiger partial charge >= 0.3 is 5.97 Å². The van der Waals surface area contributed by atoms with E-state index in [1.807, 2.05) is 24.3 Å². The molecule has 1 amide bonds. The zero-order valence-electron chi connectivity index (χ0n) is 15.6. The van der Waals surface area contributed by atoms with E-state index in [1.165, 1.54) is 18.0 Å². The van der Waals surface area contributed by atoms with E-state index in [-0.39, 0.29) is 18.0 Å². The van der Waals surface area contributed by atoms with Crippen molar-refractivity contribution in [1.82, 2.24) is 9.55 Å². The van der Waals surface area contributed by atoms with Gasteiger partial charge in [0.2, 0.25) is 5.91 Å². The summed E-state index contributed by atoms with van der Waals surface area (Å²) in [6.07, 6.45) is 3.20. The van der Waals surface area contributed by atoms with Gasteiger partial charge in [-0.15, -0.1) is 11.3 Å². The SMILES string of the molecule is COC(=O)c1sc2ncn(CC(=O)N3CCCc4ccccc43)c(=O)c2c1C. The lowest BCUT2D eigenvalue weighted by Crippen LogP contribution is -2.39. The number of carbonyl (C=O) groups is 2. The fourth-order valence-electron chi connectivity index (χ4n) is 3.58. The lowest BCUT2D eigenvalue weighted by molar-refractivity contribution is -0.119. The van der Waals surface area contributed by atoms with Crippen molar-refractivity contribution in [2.45, 2.75) is 26.3 Å². The predicted octanol–water partition coefficient (Wildman–Crippen LogP) is 2.53. The maximum atomic E-state index is 12.9. The molecule has 0 radical (unpaired) electrons. The molecular formula is C20H19N3O4S. The molecule has 8 heteroatoms. The molecule has 0 saturated carbocycles. The summed E-state index contributed by atoms with van der Waals surface area (Å²) >= 11 is 1.12. The van der Waals surface area contributed by atoms with E-state index in [2.05, 4.69) is 4.98 Å². The Morgan fingerprint density at radius 3 is 2.86 bits per heavy atom. The van der Waals surface area contributed by atoms with Gasteiger partial charge < -0.3 is 9.64 Å². The van der Waals surface area contributed by atoms with Gasteiger partial charge in [0.05, 0.1) is 18.8 Å². The maximum absolute atomic E-state index is 12.9. The first-order chi connectivity index (χ1) is 13.5. The van der Waals surface area contributed by atoms with Crippen LogP contribution in [-0.4, -0.2) is 35.1 Å². The number of carbonyl (C=O) groups excluding carboxylic acids is 2. The van der Waals surface area contributed by atoms with Gasteiger partial charge in [0.1, 0.15) is 16.3 Å². The minimum Gasteiger partial charge on any atom is -0.465 e. The third-order valence-electron chi connectivity index (χ3n) is 5.00. The van der Waals surface area contributed by atoms with Crippen LogP contribution < -0.4 is 10.5 Å². The van der Waals surface area contributed by atoms with Crippen LogP contribution in [0.1, 0.15) is 27.2 Å². The monoisotopic (exact) mass is 397 g/mol. The Morgan fingerprint density at radius 1 is 1.29 bits per heavy atom. The largest absolute Gasteiger partial charge is 0.465 e. The molecule has 1 aromatic carbocycles. The topological polar surface area (TPSA) is 81.5 Å². The number of hydrogen-bond donors (Lipinski definition) is 0. The highest BCUT2D eigenvalue weighted by molar-refractivity contribution is 7.20. The summed E-state index contributed by atoms with van der Waals surface area (Å²) in [7, 11) is 1.30. The average molecular weight is 397 g/mol. The Kier molecular flexibility index (Phi) is 4.72. The summed E-state index contributed by atoms with van der Waals surface area (Å²) in [5.74, 6) is -0.649. The van der Waals surface area contributed by atoms with Crippen molar-refractivity contribution in [3.8, 4) is 0 Å². The third-order valence-corrected chi connectivity index (χ3v) is 6.18. The number of fused-ring (bicyclic) bond motifs is 2. The van der Waals surface area contributed by atoms with E-state index in [0.717, 1.165) is 35.4 Å². The Morgan fingerprint density at radius 2 is 2.07 bits per heavy atom. The van der Waals surface area contributed by atoms with Crippen molar-refractivity contribution < 1.29 is 14.3 Å². The third kappa shape index (κ3) is 2.99. The van der Waals surface area contributed by atoms with E-state index in [9.17, 15) is 14.4 Å². The molecule has 0 N–H and O–H groups in total. The molecule has 0 unspecified atom stereocenters. The van der Waals surface area contributed by atoms with Crippen LogP contribution in [0.5, 0.6) is 0 Å². The van der Waals surface area contributed by atoms with Gasteiger partial charge in [-0.05, 0) is 37.0 Å². The number of aryl methyl sites for hydroxylation is 2. The molecule has 0 bridgehead atoms. The second kappa shape index (κ2) is 7.20. The lowest BCUT2D eigenvalue weighted by atomic mass is 10.0. The zero-order chi connectivity index (χ0) is 19.8. The molecule has 0 fully saturated rings. The molecule has 2 aromatic heterocycles. The van der Waals surface area contributed by atoms with Gasteiger partial charge in [-0.1, -0.05) is 18.2 Å². The molecule has 4 rings (SSSR count). The Hall–Kier alpha value is -3.00. The highest BCUT2D eigenvalue weighted by atomic mass is 32.1. The van der Waals surface area contributed by atoms with E-state index < -0.39 is 5.97 Å². The smallest absolute Gasteiger partial charge is 0.348 e. The number of ether oxygens (including phenoxy) is 1. The van der Waals surface area contributed by atoms with Crippen molar-refractivity contribution in [1.29, 1.82) is 0 Å². The normalized spacial score (nSPS) is 13.4. The minimum absolute atomic E-state index is 0.0983. The summed E-state index contributed by atoms with van der Waals surface area (Å²) in [5.41, 5.74) is 2.25. The number of aromatic nitrogens is 2. The quantitative estimate of drug-likeness (QED) is 0.635. The number of benzene rings is 1. The maximum Gasteiger partial charge on any atom is 0.348 e. The molecule has 0 spiro atoms. The van der Waals surface area contributed by atoms with Crippen LogP contribution in [0.2, 0.25) is 0 Å². The van der Waals surface area contributed by atoms with Crippen LogP contribution in [0, 0.1) is 6.92 Å². The molecule has 0 aliphatic carbocycles. The molecule has 1 aliphatic rings. The number of esters is 1. The second-order valence-electron chi connectivity index (χ2n) is 6.68. The lowest BCUT2D eigenvalue weighted by Gasteiger charge is -2.29. The number of methoxy groups -OCH3 is 1. The van der Waals surface area contributed by atoms with E-state index in [4.69, 9.17) is 4.74 Å². The molecule has 1 aliphatic heterocycles. The van der Waals surface area contributed by atoms with E-state index >= 15 is 0 Å². The van der Waals surface area contributed by atoms with Gasteiger partial charge in [0.15, 0.2) is 0 Å². The average Bonchev–Trinajstić information content (AvgIpc) is 3.06. The molecule has 3 aromatic rings. The van der Waals surface area contributed by atoms with Gasteiger partial charge in [-0.2, -0.15) is 0 Å². The fraction of sp³-hybridized carbons (Fsp3) is 0.300. The highest BCUT2D eigenvalue weighted by Crippen LogP contribution is 2.28. The van der Waals surface area contributed by atoms with Crippen molar-refractivity contribution >= 4 is 39.1 Å². The van der Waals surface area contributed by atoms with E-state index in [1.54, 1.807) is 11.8 Å².